The van der Waals surface area contributed by atoms with Crippen LogP contribution < -0.4 is 37.2 Å². The maximum Gasteiger partial charge on any atom is 4.00 e. The average Bonchev–Trinajstić information content (AvgIpc) is 1.72. The van der Waals surface area contributed by atoms with E-state index in [1.54, 1.807) is 0 Å². The van der Waals surface area contributed by atoms with E-state index in [0.717, 1.165) is 0 Å². The van der Waals surface area contributed by atoms with Crippen molar-refractivity contribution in [2.45, 2.75) is 0 Å². The first-order chi connectivity index (χ1) is 3.00. The van der Waals surface area contributed by atoms with E-state index in [1.807, 2.05) is 30.3 Å². The third-order valence-corrected chi connectivity index (χ3v) is 0.607. The van der Waals surface area contributed by atoms with Crippen molar-refractivity contribution in [1.29, 1.82) is 0 Å². The Kier molecular flexibility index (Phi) is 37.0. The van der Waals surface area contributed by atoms with E-state index in [0.29, 0.717) is 0 Å². The molecule has 0 radical (unpaired) electrons. The van der Waals surface area contributed by atoms with Crippen molar-refractivity contribution in [2.24, 2.45) is 0 Å². The fourth-order valence-electron chi connectivity index (χ4n) is 0.342. The van der Waals surface area contributed by atoms with Gasteiger partial charge in [0.2, 0.25) is 0 Å². The molecule has 0 aliphatic rings. The normalized spacial score (nSPS) is 4.80. The van der Waals surface area contributed by atoms with Crippen LogP contribution in [0.3, 0.4) is 0 Å². The number of rotatable bonds is 0. The predicted molar refractivity (Wildman–Crippen MR) is 25.3 cm³/mol. The van der Waals surface area contributed by atoms with Crippen LogP contribution in [0.1, 0.15) is 0 Å². The molecule has 0 atom stereocenters. The van der Waals surface area contributed by atoms with Crippen LogP contribution in [0.4, 0.5) is 0 Å². The van der Waals surface area contributed by atoms with Crippen LogP contribution in [-0.4, -0.2) is 0 Å². The SMILES string of the molecule is [Cl-].[Cl-].[Cl-].[Hf+4].[c-]1ccccc1. The summed E-state index contributed by atoms with van der Waals surface area (Å²) in [4.78, 5) is 0. The minimum absolute atomic E-state index is 0. The van der Waals surface area contributed by atoms with Crippen LogP contribution >= 0.6 is 0 Å². The standard InChI is InChI=1S/C6H5.3ClH.Hf/c1-2-4-6-5-3-1;;;;/h1-5H;3*1H;/q-1;;;;+4/p-3. The summed E-state index contributed by atoms with van der Waals surface area (Å²) in [6.45, 7) is 0. The summed E-state index contributed by atoms with van der Waals surface area (Å²) < 4.78 is 0. The molecular formula is C6H5Cl3Hf. The Morgan fingerprint density at radius 1 is 0.700 bits per heavy atom. The Morgan fingerprint density at radius 2 is 1.10 bits per heavy atom. The van der Waals surface area contributed by atoms with Gasteiger partial charge in [-0.2, -0.15) is 36.4 Å². The third kappa shape index (κ3) is 11.7. The minimum Gasteiger partial charge on any atom is -1.00 e. The van der Waals surface area contributed by atoms with Crippen LogP contribution in [-0.2, 0) is 25.8 Å². The Labute approximate surface area is 98.8 Å². The van der Waals surface area contributed by atoms with Crippen LogP contribution in [0.2, 0.25) is 0 Å². The molecule has 0 nitrogen and oxygen atoms in total. The molecule has 0 aromatic heterocycles. The van der Waals surface area contributed by atoms with Gasteiger partial charge in [-0.25, -0.2) is 0 Å². The fourth-order valence-corrected chi connectivity index (χ4v) is 0.342. The first kappa shape index (κ1) is 22.4. The van der Waals surface area contributed by atoms with Crippen molar-refractivity contribution in [3.63, 3.8) is 0 Å². The van der Waals surface area contributed by atoms with E-state index in [1.165, 1.54) is 0 Å². The van der Waals surface area contributed by atoms with E-state index >= 15 is 0 Å². The van der Waals surface area contributed by atoms with Crippen molar-refractivity contribution in [1.82, 2.24) is 0 Å². The van der Waals surface area contributed by atoms with E-state index in [4.69, 9.17) is 0 Å². The molecule has 0 bridgehead atoms. The van der Waals surface area contributed by atoms with Gasteiger partial charge in [-0.15, -0.1) is 0 Å². The summed E-state index contributed by atoms with van der Waals surface area (Å²) in [5.74, 6) is 0. The minimum atomic E-state index is 0. The van der Waals surface area contributed by atoms with Gasteiger partial charge in [-0.05, 0) is 0 Å². The second kappa shape index (κ2) is 16.5. The Morgan fingerprint density at radius 3 is 1.20 bits per heavy atom. The summed E-state index contributed by atoms with van der Waals surface area (Å²) in [5, 5.41) is 0. The van der Waals surface area contributed by atoms with Gasteiger partial charge in [0.05, 0.1) is 0 Å². The molecule has 1 aromatic carbocycles. The fraction of sp³-hybridized carbons (Fsp3) is 0. The first-order valence-electron chi connectivity index (χ1n) is 1.91. The van der Waals surface area contributed by atoms with Crippen LogP contribution in [0.15, 0.2) is 30.3 Å². The van der Waals surface area contributed by atoms with Gasteiger partial charge in [-0.3, -0.25) is 0 Å². The summed E-state index contributed by atoms with van der Waals surface area (Å²) >= 11 is 0. The summed E-state index contributed by atoms with van der Waals surface area (Å²) in [6, 6.07) is 12.5. The van der Waals surface area contributed by atoms with Gasteiger partial charge in [0.25, 0.3) is 0 Å². The van der Waals surface area contributed by atoms with Gasteiger partial charge < -0.3 is 37.2 Å². The van der Waals surface area contributed by atoms with E-state index in [9.17, 15) is 0 Å². The Hall–Kier alpha value is 0.960. The molecular weight excluding hydrogens is 357 g/mol. The number of benzene rings is 1. The second-order valence-corrected chi connectivity index (χ2v) is 1.08. The second-order valence-electron chi connectivity index (χ2n) is 1.08. The number of hydrogen-bond acceptors (Lipinski definition) is 0. The van der Waals surface area contributed by atoms with Gasteiger partial charge in [0.1, 0.15) is 0 Å². The van der Waals surface area contributed by atoms with Crippen molar-refractivity contribution >= 4 is 0 Å². The largest absolute Gasteiger partial charge is 4.00 e. The summed E-state index contributed by atoms with van der Waals surface area (Å²) in [5.41, 5.74) is 0. The molecule has 0 aliphatic carbocycles. The first-order valence-corrected chi connectivity index (χ1v) is 1.91. The van der Waals surface area contributed by atoms with Gasteiger partial charge in [0.15, 0.2) is 0 Å². The van der Waals surface area contributed by atoms with Crippen molar-refractivity contribution in [3.8, 4) is 0 Å². The van der Waals surface area contributed by atoms with E-state index in [-0.39, 0.29) is 63.1 Å². The summed E-state index contributed by atoms with van der Waals surface area (Å²) in [7, 11) is 0. The summed E-state index contributed by atoms with van der Waals surface area (Å²) in [6.07, 6.45) is 0. The topological polar surface area (TPSA) is 0 Å². The smallest absolute Gasteiger partial charge is 1.00 e. The predicted octanol–water partition coefficient (Wildman–Crippen LogP) is -7.50. The Bertz CT molecular complexity index is 84.9. The monoisotopic (exact) mass is 362 g/mol. The molecule has 0 aliphatic heterocycles. The van der Waals surface area contributed by atoms with E-state index in [2.05, 4.69) is 6.07 Å². The van der Waals surface area contributed by atoms with Gasteiger partial charge in [0, 0.05) is 0 Å². The maximum atomic E-state index is 2.89. The van der Waals surface area contributed by atoms with Crippen molar-refractivity contribution in [3.05, 3.63) is 36.4 Å². The number of hydrogen-bond donors (Lipinski definition) is 0. The number of halogens is 3. The van der Waals surface area contributed by atoms with Crippen molar-refractivity contribution < 1.29 is 63.1 Å². The Balaban J connectivity index is -0.0000000450. The molecule has 0 spiro atoms. The molecule has 4 heteroatoms. The zero-order valence-corrected chi connectivity index (χ0v) is 10.9. The zero-order chi connectivity index (χ0) is 4.24. The van der Waals surface area contributed by atoms with Gasteiger partial charge in [-0.1, -0.05) is 0 Å². The quantitative estimate of drug-likeness (QED) is 0.318. The van der Waals surface area contributed by atoms with Gasteiger partial charge >= 0.3 is 25.8 Å². The molecule has 1 rings (SSSR count). The molecule has 0 N–H and O–H groups in total. The maximum absolute atomic E-state index is 2.89. The van der Waals surface area contributed by atoms with E-state index < -0.39 is 0 Å². The van der Waals surface area contributed by atoms with Crippen molar-refractivity contribution in [2.75, 3.05) is 0 Å². The van der Waals surface area contributed by atoms with Crippen LogP contribution in [0.5, 0.6) is 0 Å². The molecule has 0 unspecified atom stereocenters. The molecule has 54 valence electrons. The zero-order valence-electron chi connectivity index (χ0n) is 5.02. The van der Waals surface area contributed by atoms with Crippen LogP contribution in [0.25, 0.3) is 0 Å². The molecule has 0 heterocycles. The third-order valence-electron chi connectivity index (χ3n) is 0.607. The van der Waals surface area contributed by atoms with Crippen LogP contribution in [0, 0.1) is 6.07 Å². The molecule has 0 saturated heterocycles. The average molecular weight is 362 g/mol. The molecule has 0 saturated carbocycles. The molecule has 1 aromatic rings. The molecule has 0 fully saturated rings. The molecule has 0 amide bonds. The molecule has 10 heavy (non-hydrogen) atoms.